The zero-order chi connectivity index (χ0) is 17.1. The first-order valence-electron chi connectivity index (χ1n) is 7.59. The Bertz CT molecular complexity index is 771. The van der Waals surface area contributed by atoms with Crippen molar-refractivity contribution in [3.8, 4) is 0 Å². The number of fused-ring (bicyclic) bond motifs is 1. The summed E-state index contributed by atoms with van der Waals surface area (Å²) in [6.45, 7) is 2.11. The fourth-order valence-electron chi connectivity index (χ4n) is 2.67. The van der Waals surface area contributed by atoms with Crippen LogP contribution in [0.2, 0.25) is 0 Å². The Morgan fingerprint density at radius 1 is 1.25 bits per heavy atom. The number of amides is 2. The van der Waals surface area contributed by atoms with Crippen molar-refractivity contribution in [2.75, 3.05) is 30.9 Å². The number of benzene rings is 1. The van der Waals surface area contributed by atoms with E-state index in [1.165, 1.54) is 7.11 Å². The van der Waals surface area contributed by atoms with Crippen molar-refractivity contribution in [2.45, 2.75) is 13.1 Å². The van der Waals surface area contributed by atoms with Gasteiger partial charge in [0.15, 0.2) is 5.82 Å². The third-order valence-electron chi connectivity index (χ3n) is 3.90. The molecule has 1 aromatic carbocycles. The van der Waals surface area contributed by atoms with Crippen LogP contribution in [-0.2, 0) is 17.8 Å². The molecule has 24 heavy (non-hydrogen) atoms. The average Bonchev–Trinajstić information content (AvgIpc) is 3.02. The van der Waals surface area contributed by atoms with Crippen LogP contribution in [0.3, 0.4) is 0 Å². The summed E-state index contributed by atoms with van der Waals surface area (Å²) in [6, 6.07) is 8.91. The highest BCUT2D eigenvalue weighted by molar-refractivity contribution is 5.90. The average molecular weight is 329 g/mol. The summed E-state index contributed by atoms with van der Waals surface area (Å²) in [5.41, 5.74) is 2.47. The van der Waals surface area contributed by atoms with E-state index in [4.69, 9.17) is 4.74 Å². The molecular weight excluding hydrogens is 310 g/mol. The van der Waals surface area contributed by atoms with Gasteiger partial charge < -0.3 is 15.0 Å². The molecule has 1 aliphatic rings. The second kappa shape index (κ2) is 6.61. The maximum Gasteiger partial charge on any atom is 0.337 e. The molecule has 0 bridgehead atoms. The lowest BCUT2D eigenvalue weighted by Crippen LogP contribution is -2.33. The first kappa shape index (κ1) is 15.9. The summed E-state index contributed by atoms with van der Waals surface area (Å²) in [4.78, 5) is 25.2. The Kier molecular flexibility index (Phi) is 4.37. The SMILES string of the molecule is CNC(=O)Nc1cc2n(n1)CCN(c1cccc(C(=O)OC)c1)C2. The molecule has 3 rings (SSSR count). The van der Waals surface area contributed by atoms with Gasteiger partial charge in [-0.2, -0.15) is 5.10 Å². The van der Waals surface area contributed by atoms with Gasteiger partial charge in [-0.3, -0.25) is 10.00 Å². The Labute approximate surface area is 139 Å². The summed E-state index contributed by atoms with van der Waals surface area (Å²) >= 11 is 0. The first-order chi connectivity index (χ1) is 11.6. The van der Waals surface area contributed by atoms with E-state index in [-0.39, 0.29) is 12.0 Å². The lowest BCUT2D eigenvalue weighted by atomic mass is 10.1. The van der Waals surface area contributed by atoms with E-state index in [1.54, 1.807) is 13.1 Å². The predicted molar refractivity (Wildman–Crippen MR) is 89.1 cm³/mol. The van der Waals surface area contributed by atoms with Gasteiger partial charge in [0.05, 0.1) is 31.5 Å². The molecule has 0 unspecified atom stereocenters. The summed E-state index contributed by atoms with van der Waals surface area (Å²) in [6.07, 6.45) is 0. The molecule has 2 aromatic rings. The molecule has 2 amide bonds. The molecule has 126 valence electrons. The van der Waals surface area contributed by atoms with Crippen LogP contribution in [0.1, 0.15) is 16.1 Å². The number of urea groups is 1. The summed E-state index contributed by atoms with van der Waals surface area (Å²) < 4.78 is 6.65. The number of nitrogens with one attached hydrogen (secondary N) is 2. The summed E-state index contributed by atoms with van der Waals surface area (Å²) in [7, 11) is 2.93. The van der Waals surface area contributed by atoms with E-state index in [1.807, 2.05) is 28.9 Å². The summed E-state index contributed by atoms with van der Waals surface area (Å²) in [5, 5.41) is 9.54. The zero-order valence-electron chi connectivity index (χ0n) is 13.6. The Hall–Kier alpha value is -3.03. The van der Waals surface area contributed by atoms with Gasteiger partial charge in [0.2, 0.25) is 0 Å². The second-order valence-corrected chi connectivity index (χ2v) is 5.41. The van der Waals surface area contributed by atoms with Gasteiger partial charge in [0.25, 0.3) is 0 Å². The molecule has 0 fully saturated rings. The number of hydrogen-bond donors (Lipinski definition) is 2. The number of anilines is 2. The normalized spacial score (nSPS) is 13.2. The molecule has 8 nitrogen and oxygen atoms in total. The van der Waals surface area contributed by atoms with E-state index < -0.39 is 0 Å². The van der Waals surface area contributed by atoms with Gasteiger partial charge in [-0.15, -0.1) is 0 Å². The van der Waals surface area contributed by atoms with E-state index in [2.05, 4.69) is 20.6 Å². The van der Waals surface area contributed by atoms with Crippen molar-refractivity contribution in [1.82, 2.24) is 15.1 Å². The van der Waals surface area contributed by atoms with Crippen LogP contribution >= 0.6 is 0 Å². The number of hydrogen-bond acceptors (Lipinski definition) is 5. The highest BCUT2D eigenvalue weighted by Gasteiger charge is 2.20. The minimum atomic E-state index is -0.351. The van der Waals surface area contributed by atoms with E-state index >= 15 is 0 Å². The van der Waals surface area contributed by atoms with Crippen LogP contribution in [0, 0.1) is 0 Å². The lowest BCUT2D eigenvalue weighted by molar-refractivity contribution is 0.0600. The zero-order valence-corrected chi connectivity index (χ0v) is 13.6. The molecule has 0 atom stereocenters. The Morgan fingerprint density at radius 3 is 2.83 bits per heavy atom. The second-order valence-electron chi connectivity index (χ2n) is 5.41. The van der Waals surface area contributed by atoms with Crippen LogP contribution in [-0.4, -0.2) is 42.5 Å². The Morgan fingerprint density at radius 2 is 2.08 bits per heavy atom. The molecule has 1 aromatic heterocycles. The number of rotatable bonds is 3. The number of esters is 1. The van der Waals surface area contributed by atoms with Gasteiger partial charge in [-0.25, -0.2) is 9.59 Å². The third-order valence-corrected chi connectivity index (χ3v) is 3.90. The third kappa shape index (κ3) is 3.17. The number of carbonyl (C=O) groups is 2. The number of methoxy groups -OCH3 is 1. The van der Waals surface area contributed by atoms with Crippen molar-refractivity contribution in [1.29, 1.82) is 0 Å². The standard InChI is InChI=1S/C16H19N5O3/c1-17-16(23)18-14-9-13-10-20(6-7-21(13)19-14)12-5-3-4-11(8-12)15(22)24-2/h3-5,8-9H,6-7,10H2,1-2H3,(H2,17,18,19,23). The van der Waals surface area contributed by atoms with Crippen molar-refractivity contribution < 1.29 is 14.3 Å². The molecule has 0 radical (unpaired) electrons. The fraction of sp³-hybridized carbons (Fsp3) is 0.312. The Balaban J connectivity index is 1.77. The number of ether oxygens (including phenoxy) is 1. The van der Waals surface area contributed by atoms with Crippen molar-refractivity contribution in [2.24, 2.45) is 0 Å². The van der Waals surface area contributed by atoms with Crippen molar-refractivity contribution in [3.05, 3.63) is 41.6 Å². The summed E-state index contributed by atoms with van der Waals surface area (Å²) in [5.74, 6) is 0.172. The molecule has 2 heterocycles. The monoisotopic (exact) mass is 329 g/mol. The maximum atomic E-state index is 11.7. The number of nitrogens with zero attached hydrogens (tertiary/aromatic N) is 3. The van der Waals surface area contributed by atoms with Gasteiger partial charge in [-0.05, 0) is 18.2 Å². The quantitative estimate of drug-likeness (QED) is 0.832. The molecule has 8 heteroatoms. The van der Waals surface area contributed by atoms with Gasteiger partial charge in [0, 0.05) is 25.3 Å². The van der Waals surface area contributed by atoms with Crippen LogP contribution in [0.5, 0.6) is 0 Å². The molecule has 0 spiro atoms. The van der Waals surface area contributed by atoms with Crippen molar-refractivity contribution in [3.63, 3.8) is 0 Å². The highest BCUT2D eigenvalue weighted by atomic mass is 16.5. The number of carbonyl (C=O) groups excluding carboxylic acids is 2. The predicted octanol–water partition coefficient (Wildman–Crippen LogP) is 1.44. The van der Waals surface area contributed by atoms with Crippen LogP contribution in [0.4, 0.5) is 16.3 Å². The van der Waals surface area contributed by atoms with E-state index in [0.29, 0.717) is 24.5 Å². The molecule has 0 saturated carbocycles. The molecule has 0 saturated heterocycles. The van der Waals surface area contributed by atoms with Gasteiger partial charge >= 0.3 is 12.0 Å². The maximum absolute atomic E-state index is 11.7. The topological polar surface area (TPSA) is 88.5 Å². The number of aromatic nitrogens is 2. The fourth-order valence-corrected chi connectivity index (χ4v) is 2.67. The van der Waals surface area contributed by atoms with Gasteiger partial charge in [-0.1, -0.05) is 6.07 Å². The van der Waals surface area contributed by atoms with Crippen LogP contribution < -0.4 is 15.5 Å². The molecule has 1 aliphatic heterocycles. The molecule has 0 aliphatic carbocycles. The van der Waals surface area contributed by atoms with E-state index in [9.17, 15) is 9.59 Å². The smallest absolute Gasteiger partial charge is 0.337 e. The lowest BCUT2D eigenvalue weighted by Gasteiger charge is -2.29. The minimum Gasteiger partial charge on any atom is -0.465 e. The highest BCUT2D eigenvalue weighted by Crippen LogP contribution is 2.23. The largest absolute Gasteiger partial charge is 0.465 e. The van der Waals surface area contributed by atoms with E-state index in [0.717, 1.165) is 17.9 Å². The first-order valence-corrected chi connectivity index (χ1v) is 7.59. The van der Waals surface area contributed by atoms with Crippen LogP contribution in [0.15, 0.2) is 30.3 Å². The minimum absolute atomic E-state index is 0.298. The van der Waals surface area contributed by atoms with Crippen molar-refractivity contribution >= 4 is 23.5 Å². The molecule has 2 N–H and O–H groups in total. The molecular formula is C16H19N5O3. The van der Waals surface area contributed by atoms with Crippen LogP contribution in [0.25, 0.3) is 0 Å². The van der Waals surface area contributed by atoms with Gasteiger partial charge in [0.1, 0.15) is 0 Å².